The maximum Gasteiger partial charge on any atom is 0.305 e. The van der Waals surface area contributed by atoms with Gasteiger partial charge < -0.3 is 9.82 Å². The van der Waals surface area contributed by atoms with Crippen LogP contribution in [-0.2, 0) is 9.53 Å². The largest absolute Gasteiger partial charge is 0.466 e. The Labute approximate surface area is 57.4 Å². The molecule has 1 fully saturated rings. The van der Waals surface area contributed by atoms with Crippen LogP contribution in [0.1, 0.15) is 12.8 Å². The number of nitrogens with one attached hydrogen (secondary N) is 1. The molecule has 1 atom stereocenters. The van der Waals surface area contributed by atoms with Crippen LogP contribution in [0, 0.1) is 0 Å². The van der Waals surface area contributed by atoms with E-state index < -0.39 is 0 Å². The second-order valence-corrected chi connectivity index (χ2v) is 2.19. The van der Waals surface area contributed by atoms with Crippen LogP contribution in [0.2, 0.25) is 0 Å². The van der Waals surface area contributed by atoms with Gasteiger partial charge in [-0.15, -0.1) is 0 Å². The van der Waals surface area contributed by atoms with Gasteiger partial charge in [0.1, 0.15) is 0 Å². The van der Waals surface area contributed by atoms with Gasteiger partial charge in [0, 0.05) is 6.42 Å². The van der Waals surface area contributed by atoms with E-state index >= 15 is 0 Å². The summed E-state index contributed by atoms with van der Waals surface area (Å²) < 4.78 is 4.51. The highest BCUT2D eigenvalue weighted by atomic mass is 31.0. The third-order valence-corrected chi connectivity index (χ3v) is 0.788. The molecule has 9 heavy (non-hydrogen) atoms. The highest BCUT2D eigenvalue weighted by Gasteiger charge is 2.08. The molecule has 0 bridgehead atoms. The molecule has 0 aliphatic carbocycles. The summed E-state index contributed by atoms with van der Waals surface area (Å²) in [5.41, 5.74) is 0. The predicted molar refractivity (Wildman–Crippen MR) is 39.0 cm³/mol. The zero-order chi connectivity index (χ0) is 7.11. The molecule has 1 heterocycles. The standard InChI is InChI=1S/C4H6O2.CH6NP/c5-4-2-1-3-6-4;1-2-3/h1-3H2;2H,3H2,1H3. The average Bonchev–Trinajstić information content (AvgIpc) is 2.20. The topological polar surface area (TPSA) is 38.3 Å². The van der Waals surface area contributed by atoms with Gasteiger partial charge in [-0.25, -0.2) is 0 Å². The Morgan fingerprint density at radius 3 is 2.44 bits per heavy atom. The van der Waals surface area contributed by atoms with Gasteiger partial charge >= 0.3 is 5.97 Å². The molecule has 0 aromatic rings. The third-order valence-electron chi connectivity index (χ3n) is 0.788. The van der Waals surface area contributed by atoms with Crippen molar-refractivity contribution < 1.29 is 9.53 Å². The molecule has 4 heteroatoms. The zero-order valence-electron chi connectivity index (χ0n) is 5.52. The Balaban J connectivity index is 0.000000187. The lowest BCUT2D eigenvalue weighted by atomic mass is 10.4. The van der Waals surface area contributed by atoms with Crippen LogP contribution in [0.3, 0.4) is 0 Å². The van der Waals surface area contributed by atoms with Crippen molar-refractivity contribution in [3.63, 3.8) is 0 Å². The maximum atomic E-state index is 10.0. The van der Waals surface area contributed by atoms with E-state index in [4.69, 9.17) is 0 Å². The van der Waals surface area contributed by atoms with Crippen molar-refractivity contribution in [3.8, 4) is 0 Å². The number of esters is 1. The number of cyclic esters (lactones) is 1. The Morgan fingerprint density at radius 1 is 1.78 bits per heavy atom. The lowest BCUT2D eigenvalue weighted by Crippen LogP contribution is -1.88. The third kappa shape index (κ3) is 5.74. The summed E-state index contributed by atoms with van der Waals surface area (Å²) in [6.45, 7) is 0.638. The molecular formula is C5H12NO2P. The number of ether oxygens (including phenoxy) is 1. The molecule has 1 N–H and O–H groups in total. The van der Waals surface area contributed by atoms with E-state index in [1.165, 1.54) is 0 Å². The molecule has 1 rings (SSSR count). The van der Waals surface area contributed by atoms with Crippen LogP contribution in [0.15, 0.2) is 0 Å². The van der Waals surface area contributed by atoms with Crippen LogP contribution in [-0.4, -0.2) is 19.6 Å². The molecule has 0 amide bonds. The molecule has 0 spiro atoms. The van der Waals surface area contributed by atoms with Crippen molar-refractivity contribution in [2.24, 2.45) is 0 Å². The molecule has 0 aromatic carbocycles. The minimum atomic E-state index is -0.0463. The SMILES string of the molecule is CNP.O=C1CCCO1. The molecule has 1 aliphatic heterocycles. The summed E-state index contributed by atoms with van der Waals surface area (Å²) in [4.78, 5) is 10.0. The van der Waals surface area contributed by atoms with Gasteiger partial charge in [0.2, 0.25) is 0 Å². The molecule has 0 radical (unpaired) electrons. The van der Waals surface area contributed by atoms with Crippen LogP contribution in [0.5, 0.6) is 0 Å². The van der Waals surface area contributed by atoms with E-state index in [0.717, 1.165) is 6.42 Å². The number of hydrogen-bond acceptors (Lipinski definition) is 3. The first-order valence-corrected chi connectivity index (χ1v) is 3.42. The van der Waals surface area contributed by atoms with Gasteiger partial charge in [-0.05, 0) is 13.5 Å². The summed E-state index contributed by atoms with van der Waals surface area (Å²) in [5.74, 6) is -0.0463. The summed E-state index contributed by atoms with van der Waals surface area (Å²) in [6.07, 6.45) is 1.54. The van der Waals surface area contributed by atoms with Crippen LogP contribution < -0.4 is 5.09 Å². The van der Waals surface area contributed by atoms with Crippen LogP contribution in [0.25, 0.3) is 0 Å². The summed E-state index contributed by atoms with van der Waals surface area (Å²) >= 11 is 0. The first-order valence-electron chi connectivity index (χ1n) is 2.84. The summed E-state index contributed by atoms with van der Waals surface area (Å²) in [6, 6.07) is 0. The van der Waals surface area contributed by atoms with E-state index in [-0.39, 0.29) is 5.97 Å². The lowest BCUT2D eigenvalue weighted by Gasteiger charge is -1.81. The van der Waals surface area contributed by atoms with Gasteiger partial charge in [0.15, 0.2) is 0 Å². The molecular weight excluding hydrogens is 137 g/mol. The van der Waals surface area contributed by atoms with Crippen molar-refractivity contribution in [2.75, 3.05) is 13.7 Å². The number of carbonyl (C=O) groups is 1. The van der Waals surface area contributed by atoms with E-state index in [2.05, 4.69) is 19.2 Å². The summed E-state index contributed by atoms with van der Waals surface area (Å²) in [7, 11) is 4.17. The van der Waals surface area contributed by atoms with Crippen molar-refractivity contribution >= 4 is 15.4 Å². The van der Waals surface area contributed by atoms with Gasteiger partial charge in [-0.3, -0.25) is 4.79 Å². The lowest BCUT2D eigenvalue weighted by molar-refractivity contribution is -0.137. The predicted octanol–water partition coefficient (Wildman–Crippen LogP) is 0.319. The molecule has 0 aromatic heterocycles. The van der Waals surface area contributed by atoms with Gasteiger partial charge in [0.25, 0.3) is 0 Å². The van der Waals surface area contributed by atoms with E-state index in [0.29, 0.717) is 13.0 Å². The van der Waals surface area contributed by atoms with Crippen molar-refractivity contribution in [2.45, 2.75) is 12.8 Å². The fraction of sp³-hybridized carbons (Fsp3) is 0.800. The van der Waals surface area contributed by atoms with Gasteiger partial charge in [0.05, 0.1) is 6.61 Å². The second kappa shape index (κ2) is 5.99. The smallest absolute Gasteiger partial charge is 0.305 e. The zero-order valence-corrected chi connectivity index (χ0v) is 6.67. The van der Waals surface area contributed by atoms with E-state index in [1.54, 1.807) is 0 Å². The Bertz CT molecular complexity index is 79.0. The number of rotatable bonds is 0. The number of hydrogen-bond donors (Lipinski definition) is 1. The minimum Gasteiger partial charge on any atom is -0.466 e. The first-order chi connectivity index (χ1) is 4.31. The molecule has 1 unspecified atom stereocenters. The van der Waals surface area contributed by atoms with Gasteiger partial charge in [-0.2, -0.15) is 0 Å². The van der Waals surface area contributed by atoms with Crippen molar-refractivity contribution in [1.29, 1.82) is 0 Å². The van der Waals surface area contributed by atoms with Crippen LogP contribution >= 0.6 is 9.39 Å². The normalized spacial score (nSPS) is 16.0. The highest BCUT2D eigenvalue weighted by Crippen LogP contribution is 2.01. The van der Waals surface area contributed by atoms with E-state index in [9.17, 15) is 4.79 Å². The van der Waals surface area contributed by atoms with Crippen molar-refractivity contribution in [1.82, 2.24) is 5.09 Å². The molecule has 3 nitrogen and oxygen atoms in total. The molecule has 1 saturated heterocycles. The minimum absolute atomic E-state index is 0.0463. The maximum absolute atomic E-state index is 10.0. The Hall–Kier alpha value is -0.140. The summed E-state index contributed by atoms with van der Waals surface area (Å²) in [5, 5.41) is 2.67. The van der Waals surface area contributed by atoms with Crippen LogP contribution in [0.4, 0.5) is 0 Å². The fourth-order valence-electron chi connectivity index (χ4n) is 0.475. The second-order valence-electron chi connectivity index (χ2n) is 1.61. The molecule has 0 saturated carbocycles. The first kappa shape index (κ1) is 8.86. The highest BCUT2D eigenvalue weighted by molar-refractivity contribution is 7.13. The quantitative estimate of drug-likeness (QED) is 0.398. The van der Waals surface area contributed by atoms with E-state index in [1.807, 2.05) is 7.05 Å². The van der Waals surface area contributed by atoms with Crippen molar-refractivity contribution in [3.05, 3.63) is 0 Å². The molecule has 54 valence electrons. The monoisotopic (exact) mass is 149 g/mol. The molecule has 1 aliphatic rings. The number of carbonyl (C=O) groups excluding carboxylic acids is 1. The Morgan fingerprint density at radius 2 is 2.33 bits per heavy atom. The Kier molecular flexibility index (Phi) is 5.89. The van der Waals surface area contributed by atoms with Gasteiger partial charge in [-0.1, -0.05) is 9.39 Å². The fourth-order valence-corrected chi connectivity index (χ4v) is 0.475. The average molecular weight is 149 g/mol.